The summed E-state index contributed by atoms with van der Waals surface area (Å²) in [6.45, 7) is 2.51. The van der Waals surface area contributed by atoms with Gasteiger partial charge in [-0.3, -0.25) is 4.90 Å². The van der Waals surface area contributed by atoms with Crippen molar-refractivity contribution in [2.75, 3.05) is 24.2 Å². The minimum Gasteiger partial charge on any atom is -0.399 e. The lowest BCUT2D eigenvalue weighted by atomic mass is 10.3. The summed E-state index contributed by atoms with van der Waals surface area (Å²) in [6, 6.07) is 7.04. The first kappa shape index (κ1) is 10.4. The van der Waals surface area contributed by atoms with E-state index in [1.54, 1.807) is 24.1 Å². The average Bonchev–Trinajstić information content (AvgIpc) is 2.18. The Morgan fingerprint density at radius 2 is 2.00 bits per heavy atom. The summed E-state index contributed by atoms with van der Waals surface area (Å²) in [5.74, 6) is 0. The number of benzene rings is 1. The summed E-state index contributed by atoms with van der Waals surface area (Å²) in [6.07, 6.45) is 0. The van der Waals surface area contributed by atoms with Crippen LogP contribution < -0.4 is 16.0 Å². The number of nitrogen functional groups attached to an aromatic ring is 1. The molecule has 0 aliphatic rings. The fraction of sp³-hybridized carbons (Fsp3) is 0.300. The molecule has 76 valence electrons. The van der Waals surface area contributed by atoms with E-state index in [0.717, 1.165) is 5.69 Å². The van der Waals surface area contributed by atoms with Crippen LogP contribution in [0.15, 0.2) is 24.3 Å². The number of nitrogens with zero attached hydrogens (tertiary/aromatic N) is 1. The van der Waals surface area contributed by atoms with Crippen molar-refractivity contribution in [1.29, 1.82) is 0 Å². The van der Waals surface area contributed by atoms with Crippen LogP contribution in [0.3, 0.4) is 0 Å². The monoisotopic (exact) mass is 193 g/mol. The number of anilines is 2. The molecule has 0 aromatic heterocycles. The van der Waals surface area contributed by atoms with Gasteiger partial charge in [-0.05, 0) is 31.2 Å². The molecule has 3 N–H and O–H groups in total. The van der Waals surface area contributed by atoms with Crippen LogP contribution in [0, 0.1) is 0 Å². The first-order chi connectivity index (χ1) is 6.65. The van der Waals surface area contributed by atoms with E-state index in [0.29, 0.717) is 12.2 Å². The molecular weight excluding hydrogens is 178 g/mol. The van der Waals surface area contributed by atoms with Crippen molar-refractivity contribution < 1.29 is 4.79 Å². The number of hydrogen-bond donors (Lipinski definition) is 2. The Morgan fingerprint density at radius 3 is 2.50 bits per heavy atom. The molecule has 1 aromatic carbocycles. The fourth-order valence-electron chi connectivity index (χ4n) is 1.08. The third-order valence-corrected chi connectivity index (χ3v) is 1.91. The van der Waals surface area contributed by atoms with Crippen molar-refractivity contribution in [2.24, 2.45) is 0 Å². The second-order valence-corrected chi connectivity index (χ2v) is 2.99. The lowest BCUT2D eigenvalue weighted by Gasteiger charge is -2.17. The highest BCUT2D eigenvalue weighted by atomic mass is 16.2. The number of carbonyl (C=O) groups excluding carboxylic acids is 1. The molecule has 0 saturated carbocycles. The van der Waals surface area contributed by atoms with Gasteiger partial charge < -0.3 is 11.1 Å². The smallest absolute Gasteiger partial charge is 0.321 e. The molecule has 4 nitrogen and oxygen atoms in total. The minimum absolute atomic E-state index is 0.114. The summed E-state index contributed by atoms with van der Waals surface area (Å²) in [5, 5.41) is 2.71. The van der Waals surface area contributed by atoms with Crippen LogP contribution in [0.5, 0.6) is 0 Å². The second kappa shape index (κ2) is 4.50. The first-order valence-electron chi connectivity index (χ1n) is 4.52. The summed E-state index contributed by atoms with van der Waals surface area (Å²) >= 11 is 0. The van der Waals surface area contributed by atoms with Gasteiger partial charge in [-0.25, -0.2) is 4.79 Å². The highest BCUT2D eigenvalue weighted by molar-refractivity contribution is 5.91. The molecule has 14 heavy (non-hydrogen) atoms. The Balaban J connectivity index is 2.73. The van der Waals surface area contributed by atoms with E-state index in [-0.39, 0.29) is 6.03 Å². The number of amides is 2. The molecule has 0 aliphatic carbocycles. The van der Waals surface area contributed by atoms with Crippen molar-refractivity contribution in [2.45, 2.75) is 6.92 Å². The van der Waals surface area contributed by atoms with Gasteiger partial charge >= 0.3 is 6.03 Å². The van der Waals surface area contributed by atoms with Gasteiger partial charge in [0.25, 0.3) is 0 Å². The SMILES string of the molecule is CCNC(=O)N(C)c1ccc(N)cc1. The molecule has 2 amide bonds. The van der Waals surface area contributed by atoms with Crippen LogP contribution in [-0.4, -0.2) is 19.6 Å². The van der Waals surface area contributed by atoms with Crippen LogP contribution in [0.2, 0.25) is 0 Å². The summed E-state index contributed by atoms with van der Waals surface area (Å²) in [5.41, 5.74) is 7.06. The number of nitrogens with one attached hydrogen (secondary N) is 1. The van der Waals surface area contributed by atoms with Crippen molar-refractivity contribution in [3.05, 3.63) is 24.3 Å². The summed E-state index contributed by atoms with van der Waals surface area (Å²) in [7, 11) is 1.72. The van der Waals surface area contributed by atoms with E-state index in [4.69, 9.17) is 5.73 Å². The van der Waals surface area contributed by atoms with Gasteiger partial charge in [0, 0.05) is 25.0 Å². The lowest BCUT2D eigenvalue weighted by Crippen LogP contribution is -2.36. The topological polar surface area (TPSA) is 58.4 Å². The first-order valence-corrected chi connectivity index (χ1v) is 4.52. The van der Waals surface area contributed by atoms with Gasteiger partial charge in [0.1, 0.15) is 0 Å². The lowest BCUT2D eigenvalue weighted by molar-refractivity contribution is 0.248. The number of carbonyl (C=O) groups is 1. The third-order valence-electron chi connectivity index (χ3n) is 1.91. The Morgan fingerprint density at radius 1 is 1.43 bits per heavy atom. The number of urea groups is 1. The van der Waals surface area contributed by atoms with E-state index < -0.39 is 0 Å². The maximum atomic E-state index is 11.4. The molecule has 1 rings (SSSR count). The highest BCUT2D eigenvalue weighted by Crippen LogP contribution is 2.14. The van der Waals surface area contributed by atoms with Crippen LogP contribution in [0.4, 0.5) is 16.2 Å². The molecule has 0 bridgehead atoms. The van der Waals surface area contributed by atoms with Crippen LogP contribution in [-0.2, 0) is 0 Å². The van der Waals surface area contributed by atoms with Crippen molar-refractivity contribution in [1.82, 2.24) is 5.32 Å². The Labute approximate surface area is 83.7 Å². The molecule has 0 aliphatic heterocycles. The second-order valence-electron chi connectivity index (χ2n) is 2.99. The Kier molecular flexibility index (Phi) is 3.34. The highest BCUT2D eigenvalue weighted by Gasteiger charge is 2.08. The van der Waals surface area contributed by atoms with Crippen molar-refractivity contribution in [3.63, 3.8) is 0 Å². The predicted octanol–water partition coefficient (Wildman–Crippen LogP) is 1.43. The van der Waals surface area contributed by atoms with Gasteiger partial charge in [0.05, 0.1) is 0 Å². The van der Waals surface area contributed by atoms with Gasteiger partial charge in [0.2, 0.25) is 0 Å². The predicted molar refractivity (Wildman–Crippen MR) is 58.3 cm³/mol. The third kappa shape index (κ3) is 2.39. The zero-order valence-corrected chi connectivity index (χ0v) is 8.45. The fourth-order valence-corrected chi connectivity index (χ4v) is 1.08. The van der Waals surface area contributed by atoms with E-state index >= 15 is 0 Å². The zero-order valence-electron chi connectivity index (χ0n) is 8.45. The molecule has 0 spiro atoms. The van der Waals surface area contributed by atoms with E-state index in [9.17, 15) is 4.79 Å². The summed E-state index contributed by atoms with van der Waals surface area (Å²) < 4.78 is 0. The van der Waals surface area contributed by atoms with E-state index in [1.807, 2.05) is 19.1 Å². The molecule has 0 atom stereocenters. The van der Waals surface area contributed by atoms with Crippen molar-refractivity contribution >= 4 is 17.4 Å². The molecule has 0 heterocycles. The Hall–Kier alpha value is -1.71. The number of rotatable bonds is 2. The van der Waals surface area contributed by atoms with Crippen molar-refractivity contribution in [3.8, 4) is 0 Å². The van der Waals surface area contributed by atoms with Gasteiger partial charge in [-0.15, -0.1) is 0 Å². The van der Waals surface area contributed by atoms with Crippen LogP contribution in [0.1, 0.15) is 6.92 Å². The maximum Gasteiger partial charge on any atom is 0.321 e. The molecule has 0 unspecified atom stereocenters. The van der Waals surface area contributed by atoms with E-state index in [2.05, 4.69) is 5.32 Å². The average molecular weight is 193 g/mol. The number of nitrogens with two attached hydrogens (primary N) is 1. The van der Waals surface area contributed by atoms with Gasteiger partial charge in [-0.2, -0.15) is 0 Å². The summed E-state index contributed by atoms with van der Waals surface area (Å²) in [4.78, 5) is 13.0. The minimum atomic E-state index is -0.114. The van der Waals surface area contributed by atoms with Gasteiger partial charge in [-0.1, -0.05) is 0 Å². The molecule has 0 saturated heterocycles. The molecule has 0 radical (unpaired) electrons. The Bertz CT molecular complexity index is 308. The molecule has 0 fully saturated rings. The molecule has 1 aromatic rings. The van der Waals surface area contributed by atoms with E-state index in [1.165, 1.54) is 0 Å². The quantitative estimate of drug-likeness (QED) is 0.698. The molecule has 4 heteroatoms. The van der Waals surface area contributed by atoms with Gasteiger partial charge in [0.15, 0.2) is 0 Å². The largest absolute Gasteiger partial charge is 0.399 e. The standard InChI is InChI=1S/C10H15N3O/c1-3-12-10(14)13(2)9-6-4-8(11)5-7-9/h4-7H,3,11H2,1-2H3,(H,12,14). The van der Waals surface area contributed by atoms with Crippen LogP contribution >= 0.6 is 0 Å². The molecular formula is C10H15N3O. The normalized spacial score (nSPS) is 9.57. The number of hydrogen-bond acceptors (Lipinski definition) is 2. The van der Waals surface area contributed by atoms with Crippen LogP contribution in [0.25, 0.3) is 0 Å². The zero-order chi connectivity index (χ0) is 10.6. The maximum absolute atomic E-state index is 11.4.